The Kier molecular flexibility index (Phi) is 14.9. The Hall–Kier alpha value is -0.200. The molecule has 0 aromatic carbocycles. The first kappa shape index (κ1) is 32.8. The van der Waals surface area contributed by atoms with E-state index in [0.29, 0.717) is 16.4 Å². The number of rotatable bonds is 4. The van der Waals surface area contributed by atoms with E-state index in [-0.39, 0.29) is 0 Å². The van der Waals surface area contributed by atoms with E-state index in [9.17, 15) is 0 Å². The first-order chi connectivity index (χ1) is 16.2. The lowest BCUT2D eigenvalue weighted by molar-refractivity contribution is 0.0333. The lowest BCUT2D eigenvalue weighted by Crippen LogP contribution is -2.52. The number of morpholine rings is 1. The normalized spacial score (nSPS) is 22.1. The second kappa shape index (κ2) is 15.9. The van der Waals surface area contributed by atoms with Gasteiger partial charge in [0.15, 0.2) is 0 Å². The summed E-state index contributed by atoms with van der Waals surface area (Å²) in [5, 5.41) is 0. The molecule has 0 bridgehead atoms. The number of likely N-dealkylation sites (N-methyl/N-ethyl adjacent to an activating group) is 1. The van der Waals surface area contributed by atoms with Crippen LogP contribution in [0.3, 0.4) is 0 Å². The number of piperazine rings is 1. The molecule has 0 aromatic rings. The van der Waals surface area contributed by atoms with Gasteiger partial charge in [-0.3, -0.25) is 9.80 Å². The van der Waals surface area contributed by atoms with Gasteiger partial charge < -0.3 is 14.5 Å². The van der Waals surface area contributed by atoms with Crippen LogP contribution in [0, 0.1) is 10.8 Å². The quantitative estimate of drug-likeness (QED) is 0.497. The van der Waals surface area contributed by atoms with Gasteiger partial charge in [0.05, 0.1) is 13.2 Å². The maximum Gasteiger partial charge on any atom is 0.0594 e. The van der Waals surface area contributed by atoms with Crippen LogP contribution in [0.4, 0.5) is 0 Å². The van der Waals surface area contributed by atoms with Crippen molar-refractivity contribution in [2.45, 2.75) is 100.0 Å². The Labute approximate surface area is 220 Å². The fraction of sp³-hybridized carbons (Fsp3) is 1.00. The van der Waals surface area contributed by atoms with Gasteiger partial charge >= 0.3 is 0 Å². The summed E-state index contributed by atoms with van der Waals surface area (Å²) in [7, 11) is 2.19. The number of nitrogens with zero attached hydrogens (tertiary/aromatic N) is 4. The summed E-state index contributed by atoms with van der Waals surface area (Å²) in [6.07, 6.45) is 6.92. The van der Waals surface area contributed by atoms with E-state index < -0.39 is 0 Å². The maximum absolute atomic E-state index is 5.29. The molecule has 0 unspecified atom stereocenters. The summed E-state index contributed by atoms with van der Waals surface area (Å²) in [5.41, 5.74) is 1.34. The van der Waals surface area contributed by atoms with E-state index in [1.807, 2.05) is 0 Å². The van der Waals surface area contributed by atoms with Crippen LogP contribution in [0.25, 0.3) is 0 Å². The average Bonchev–Trinajstić information content (AvgIpc) is 2.77. The molecule has 0 atom stereocenters. The molecule has 0 aliphatic carbocycles. The van der Waals surface area contributed by atoms with E-state index in [1.54, 1.807) is 0 Å². The van der Waals surface area contributed by atoms with Crippen molar-refractivity contribution in [2.24, 2.45) is 10.8 Å². The lowest BCUT2D eigenvalue weighted by atomic mass is 9.92. The first-order valence-electron chi connectivity index (χ1n) is 14.6. The zero-order chi connectivity index (χ0) is 26.5. The average molecular weight is 497 g/mol. The Morgan fingerprint density at radius 1 is 0.543 bits per heavy atom. The summed E-state index contributed by atoms with van der Waals surface area (Å²) in [5.74, 6) is 0. The Morgan fingerprint density at radius 3 is 1.37 bits per heavy atom. The summed E-state index contributed by atoms with van der Waals surface area (Å²) < 4.78 is 5.29. The summed E-state index contributed by atoms with van der Waals surface area (Å²) >= 11 is 0. The van der Waals surface area contributed by atoms with Crippen molar-refractivity contribution in [2.75, 3.05) is 85.7 Å². The van der Waals surface area contributed by atoms with Crippen LogP contribution in [0.2, 0.25) is 0 Å². The minimum absolute atomic E-state index is 0.362. The van der Waals surface area contributed by atoms with Crippen molar-refractivity contribution in [3.8, 4) is 0 Å². The van der Waals surface area contributed by atoms with Crippen molar-refractivity contribution in [1.82, 2.24) is 19.6 Å². The van der Waals surface area contributed by atoms with E-state index in [1.165, 1.54) is 84.5 Å². The molecule has 3 aliphatic rings. The molecule has 3 saturated heterocycles. The molecule has 3 fully saturated rings. The van der Waals surface area contributed by atoms with E-state index in [2.05, 4.69) is 89.0 Å². The highest BCUT2D eigenvalue weighted by atomic mass is 16.5. The van der Waals surface area contributed by atoms with Crippen molar-refractivity contribution in [1.29, 1.82) is 0 Å². The fourth-order valence-corrected chi connectivity index (χ4v) is 4.47. The summed E-state index contributed by atoms with van der Waals surface area (Å²) in [6.45, 7) is 35.0. The molecule has 3 aliphatic heterocycles. The second-order valence-corrected chi connectivity index (χ2v) is 14.4. The molecule has 35 heavy (non-hydrogen) atoms. The molecule has 5 heteroatoms. The molecule has 3 heterocycles. The van der Waals surface area contributed by atoms with Crippen molar-refractivity contribution < 1.29 is 4.74 Å². The third-order valence-electron chi connectivity index (χ3n) is 7.36. The molecule has 210 valence electrons. The van der Waals surface area contributed by atoms with Gasteiger partial charge in [-0.15, -0.1) is 0 Å². The number of ether oxygens (including phenoxy) is 1. The number of piperidine rings is 1. The lowest BCUT2D eigenvalue weighted by Gasteiger charge is -2.41. The van der Waals surface area contributed by atoms with Crippen LogP contribution in [-0.4, -0.2) is 111 Å². The Bertz CT molecular complexity index is 480. The summed E-state index contributed by atoms with van der Waals surface area (Å²) in [4.78, 5) is 10.1. The molecule has 0 spiro atoms. The number of hydrogen-bond acceptors (Lipinski definition) is 5. The van der Waals surface area contributed by atoms with Gasteiger partial charge in [-0.2, -0.15) is 0 Å². The Balaban J connectivity index is 0.000000263. The third kappa shape index (κ3) is 17.8. The zero-order valence-electron chi connectivity index (χ0n) is 25.7. The second-order valence-electron chi connectivity index (χ2n) is 14.4. The number of likely N-dealkylation sites (tertiary alicyclic amines) is 1. The highest BCUT2D eigenvalue weighted by Gasteiger charge is 2.24. The van der Waals surface area contributed by atoms with E-state index in [4.69, 9.17) is 4.74 Å². The van der Waals surface area contributed by atoms with Gasteiger partial charge in [0.2, 0.25) is 0 Å². The standard InChI is InChI=1S/C11H23N.C10H21NO.C9H20N2/c1-11(2,3)7-10-12-8-5-4-6-9-12;1-10(2,3)4-5-11-6-8-12-9-7-11;1-9(2,3)11-7-5-10(4)6-8-11/h4-10H2,1-3H3;4-9H2,1-3H3;5-8H2,1-4H3. The Morgan fingerprint density at radius 2 is 0.971 bits per heavy atom. The van der Waals surface area contributed by atoms with Gasteiger partial charge in [-0.25, -0.2) is 0 Å². The SMILES string of the molecule is CC(C)(C)CCN1CCCCC1.CC(C)(C)CCN1CCOCC1.CN1CCN(C(C)(C)C)CC1. The molecular weight excluding hydrogens is 432 g/mol. The van der Waals surface area contributed by atoms with Crippen LogP contribution in [0.5, 0.6) is 0 Å². The third-order valence-corrected chi connectivity index (χ3v) is 7.36. The van der Waals surface area contributed by atoms with Crippen molar-refractivity contribution >= 4 is 0 Å². The molecule has 3 rings (SSSR count). The monoisotopic (exact) mass is 497 g/mol. The molecule has 0 radical (unpaired) electrons. The molecule has 5 nitrogen and oxygen atoms in total. The number of hydrogen-bond donors (Lipinski definition) is 0. The highest BCUT2D eigenvalue weighted by molar-refractivity contribution is 4.80. The predicted molar refractivity (Wildman–Crippen MR) is 155 cm³/mol. The first-order valence-corrected chi connectivity index (χ1v) is 14.6. The minimum Gasteiger partial charge on any atom is -0.379 e. The van der Waals surface area contributed by atoms with Crippen LogP contribution in [0.15, 0.2) is 0 Å². The molecular formula is C30H64N4O. The molecule has 0 N–H and O–H groups in total. The van der Waals surface area contributed by atoms with Gasteiger partial charge in [-0.05, 0) is 90.5 Å². The van der Waals surface area contributed by atoms with Crippen LogP contribution >= 0.6 is 0 Å². The molecule has 0 amide bonds. The molecule has 0 aromatic heterocycles. The zero-order valence-corrected chi connectivity index (χ0v) is 25.7. The van der Waals surface area contributed by atoms with Crippen molar-refractivity contribution in [3.63, 3.8) is 0 Å². The van der Waals surface area contributed by atoms with Gasteiger partial charge in [0.25, 0.3) is 0 Å². The highest BCUT2D eigenvalue weighted by Crippen LogP contribution is 2.20. The van der Waals surface area contributed by atoms with Crippen LogP contribution < -0.4 is 0 Å². The molecule has 0 saturated carbocycles. The van der Waals surface area contributed by atoms with Gasteiger partial charge in [0, 0.05) is 44.8 Å². The largest absolute Gasteiger partial charge is 0.379 e. The van der Waals surface area contributed by atoms with E-state index in [0.717, 1.165) is 26.3 Å². The van der Waals surface area contributed by atoms with Crippen molar-refractivity contribution in [3.05, 3.63) is 0 Å². The fourth-order valence-electron chi connectivity index (χ4n) is 4.47. The minimum atomic E-state index is 0.362. The topological polar surface area (TPSA) is 22.2 Å². The smallest absolute Gasteiger partial charge is 0.0594 e. The predicted octanol–water partition coefficient (Wildman–Crippen LogP) is 5.70. The summed E-state index contributed by atoms with van der Waals surface area (Å²) in [6, 6.07) is 0. The van der Waals surface area contributed by atoms with Crippen LogP contribution in [0.1, 0.15) is 94.4 Å². The van der Waals surface area contributed by atoms with Gasteiger partial charge in [-0.1, -0.05) is 48.0 Å². The van der Waals surface area contributed by atoms with Gasteiger partial charge in [0.1, 0.15) is 0 Å². The van der Waals surface area contributed by atoms with Crippen LogP contribution in [-0.2, 0) is 4.74 Å². The van der Waals surface area contributed by atoms with E-state index >= 15 is 0 Å². The maximum atomic E-state index is 5.29.